The largest absolute Gasteiger partial charge is 0.464 e. The molecule has 0 aliphatic rings. The number of hydrogen-bond acceptors (Lipinski definition) is 5. The van der Waals surface area contributed by atoms with Crippen LogP contribution in [0.4, 0.5) is 5.82 Å². The minimum atomic E-state index is -0.553. The number of carbonyl (C=O) groups excluding carboxylic acids is 1. The summed E-state index contributed by atoms with van der Waals surface area (Å²) in [7, 11) is 1.29. The molecule has 2 aromatic rings. The first-order chi connectivity index (χ1) is 8.15. The van der Waals surface area contributed by atoms with E-state index in [4.69, 9.17) is 5.73 Å². The summed E-state index contributed by atoms with van der Waals surface area (Å²) >= 11 is 0. The molecule has 0 saturated heterocycles. The van der Waals surface area contributed by atoms with E-state index in [-0.39, 0.29) is 11.5 Å². The average Bonchev–Trinajstić information content (AvgIpc) is 2.71. The predicted molar refractivity (Wildman–Crippen MR) is 61.8 cm³/mol. The van der Waals surface area contributed by atoms with E-state index in [1.807, 2.05) is 13.0 Å². The number of esters is 1. The Bertz CT molecular complexity index is 562. The highest BCUT2D eigenvalue weighted by Gasteiger charge is 2.17. The van der Waals surface area contributed by atoms with Gasteiger partial charge in [-0.15, -0.1) is 0 Å². The van der Waals surface area contributed by atoms with Crippen molar-refractivity contribution in [3.63, 3.8) is 0 Å². The van der Waals surface area contributed by atoms with E-state index in [0.717, 1.165) is 11.4 Å². The lowest BCUT2D eigenvalue weighted by Crippen LogP contribution is -2.08. The minimum absolute atomic E-state index is 0.107. The quantitative estimate of drug-likeness (QED) is 0.779. The van der Waals surface area contributed by atoms with Crippen LogP contribution in [0, 0.1) is 6.92 Å². The third-order valence-corrected chi connectivity index (χ3v) is 2.42. The van der Waals surface area contributed by atoms with E-state index in [1.165, 1.54) is 13.4 Å². The lowest BCUT2D eigenvalue weighted by Gasteiger charge is -2.07. The van der Waals surface area contributed by atoms with Crippen LogP contribution in [0.25, 0.3) is 5.69 Å². The van der Waals surface area contributed by atoms with Crippen LogP contribution in [0.3, 0.4) is 0 Å². The number of aryl methyl sites for hydroxylation is 1. The number of ether oxygens (including phenoxy) is 1. The van der Waals surface area contributed by atoms with Gasteiger partial charge in [0.25, 0.3) is 0 Å². The standard InChI is InChI=1S/C11H12N4O2/c1-7-8(4-3-5-13-7)15-6-14-9(10(15)12)11(16)17-2/h3-6H,12H2,1-2H3. The van der Waals surface area contributed by atoms with Gasteiger partial charge in [-0.3, -0.25) is 9.55 Å². The summed E-state index contributed by atoms with van der Waals surface area (Å²) in [5, 5.41) is 0. The van der Waals surface area contributed by atoms with Gasteiger partial charge in [-0.25, -0.2) is 9.78 Å². The van der Waals surface area contributed by atoms with Crippen molar-refractivity contribution in [2.24, 2.45) is 0 Å². The highest BCUT2D eigenvalue weighted by atomic mass is 16.5. The number of methoxy groups -OCH3 is 1. The van der Waals surface area contributed by atoms with Crippen molar-refractivity contribution in [3.8, 4) is 5.69 Å². The number of nitrogens with two attached hydrogens (primary N) is 1. The van der Waals surface area contributed by atoms with Crippen molar-refractivity contribution in [2.45, 2.75) is 6.92 Å². The third kappa shape index (κ3) is 1.84. The van der Waals surface area contributed by atoms with Gasteiger partial charge in [0.1, 0.15) is 12.1 Å². The van der Waals surface area contributed by atoms with Gasteiger partial charge < -0.3 is 10.5 Å². The fourth-order valence-electron chi connectivity index (χ4n) is 1.53. The number of nitrogen functional groups attached to an aromatic ring is 1. The second-order valence-electron chi connectivity index (χ2n) is 3.45. The molecule has 6 nitrogen and oxygen atoms in total. The van der Waals surface area contributed by atoms with Gasteiger partial charge in [-0.2, -0.15) is 0 Å². The number of hydrogen-bond donors (Lipinski definition) is 1. The average molecular weight is 232 g/mol. The first-order valence-electron chi connectivity index (χ1n) is 4.98. The number of pyridine rings is 1. The maximum Gasteiger partial charge on any atom is 0.360 e. The smallest absolute Gasteiger partial charge is 0.360 e. The van der Waals surface area contributed by atoms with Crippen LogP contribution in [-0.4, -0.2) is 27.6 Å². The second-order valence-corrected chi connectivity index (χ2v) is 3.45. The SMILES string of the molecule is COC(=O)c1ncn(-c2cccnc2C)c1N. The van der Waals surface area contributed by atoms with Crippen LogP contribution in [-0.2, 0) is 4.74 Å². The fourth-order valence-corrected chi connectivity index (χ4v) is 1.53. The van der Waals surface area contributed by atoms with Crippen molar-refractivity contribution >= 4 is 11.8 Å². The maximum atomic E-state index is 11.4. The van der Waals surface area contributed by atoms with E-state index in [2.05, 4.69) is 14.7 Å². The van der Waals surface area contributed by atoms with Crippen molar-refractivity contribution in [1.82, 2.24) is 14.5 Å². The van der Waals surface area contributed by atoms with Crippen LogP contribution in [0.5, 0.6) is 0 Å². The molecule has 0 saturated carbocycles. The van der Waals surface area contributed by atoms with Crippen LogP contribution in [0.2, 0.25) is 0 Å². The molecule has 2 aromatic heterocycles. The van der Waals surface area contributed by atoms with Gasteiger partial charge in [0.05, 0.1) is 18.5 Å². The number of nitrogens with zero attached hydrogens (tertiary/aromatic N) is 3. The Hall–Kier alpha value is -2.37. The zero-order valence-electron chi connectivity index (χ0n) is 9.54. The van der Waals surface area contributed by atoms with Gasteiger partial charge in [-0.1, -0.05) is 0 Å². The summed E-state index contributed by atoms with van der Waals surface area (Å²) in [6.07, 6.45) is 3.17. The lowest BCUT2D eigenvalue weighted by molar-refractivity contribution is 0.0596. The summed E-state index contributed by atoms with van der Waals surface area (Å²) < 4.78 is 6.19. The summed E-state index contributed by atoms with van der Waals surface area (Å²) in [6.45, 7) is 1.85. The lowest BCUT2D eigenvalue weighted by atomic mass is 10.3. The number of anilines is 1. The fraction of sp³-hybridized carbons (Fsp3) is 0.182. The number of aromatic nitrogens is 3. The maximum absolute atomic E-state index is 11.4. The molecule has 2 heterocycles. The Kier molecular flexibility index (Phi) is 2.78. The summed E-state index contributed by atoms with van der Waals surface area (Å²) in [5.74, 6) is -0.309. The normalized spacial score (nSPS) is 10.2. The Balaban J connectivity index is 2.52. The molecule has 0 atom stereocenters. The molecule has 88 valence electrons. The Morgan fingerprint density at radius 2 is 2.24 bits per heavy atom. The van der Waals surface area contributed by atoms with Crippen LogP contribution in [0.15, 0.2) is 24.7 Å². The molecule has 0 unspecified atom stereocenters. The van der Waals surface area contributed by atoms with Crippen molar-refractivity contribution < 1.29 is 9.53 Å². The first kappa shape index (κ1) is 11.1. The summed E-state index contributed by atoms with van der Waals surface area (Å²) in [6, 6.07) is 3.64. The highest BCUT2D eigenvalue weighted by molar-refractivity contribution is 5.92. The topological polar surface area (TPSA) is 83.0 Å². The van der Waals surface area contributed by atoms with Crippen molar-refractivity contribution in [1.29, 1.82) is 0 Å². The number of carbonyl (C=O) groups is 1. The molecule has 0 aromatic carbocycles. The predicted octanol–water partition coefficient (Wildman–Crippen LogP) is 0.945. The van der Waals surface area contributed by atoms with E-state index >= 15 is 0 Å². The molecule has 0 aliphatic heterocycles. The number of rotatable bonds is 2. The molecule has 0 fully saturated rings. The highest BCUT2D eigenvalue weighted by Crippen LogP contribution is 2.19. The molecule has 0 spiro atoms. The Labute approximate surface area is 98.1 Å². The number of imidazole rings is 1. The van der Waals surface area contributed by atoms with E-state index < -0.39 is 5.97 Å². The molecule has 0 aliphatic carbocycles. The molecule has 0 amide bonds. The van der Waals surface area contributed by atoms with E-state index in [0.29, 0.717) is 0 Å². The molecular formula is C11H12N4O2. The van der Waals surface area contributed by atoms with Crippen LogP contribution in [0.1, 0.15) is 16.2 Å². The van der Waals surface area contributed by atoms with Crippen LogP contribution < -0.4 is 5.73 Å². The molecule has 2 rings (SSSR count). The minimum Gasteiger partial charge on any atom is -0.464 e. The summed E-state index contributed by atoms with van der Waals surface area (Å²) in [4.78, 5) is 19.5. The molecule has 6 heteroatoms. The van der Waals surface area contributed by atoms with Crippen molar-refractivity contribution in [2.75, 3.05) is 12.8 Å². The van der Waals surface area contributed by atoms with Gasteiger partial charge in [0.2, 0.25) is 0 Å². The zero-order chi connectivity index (χ0) is 12.4. The Morgan fingerprint density at radius 3 is 2.88 bits per heavy atom. The molecule has 2 N–H and O–H groups in total. The zero-order valence-corrected chi connectivity index (χ0v) is 9.54. The van der Waals surface area contributed by atoms with E-state index in [9.17, 15) is 4.79 Å². The summed E-state index contributed by atoms with van der Waals surface area (Å²) in [5.41, 5.74) is 7.54. The molecular weight excluding hydrogens is 220 g/mol. The van der Waals surface area contributed by atoms with Gasteiger partial charge in [0.15, 0.2) is 5.69 Å². The molecule has 17 heavy (non-hydrogen) atoms. The van der Waals surface area contributed by atoms with E-state index in [1.54, 1.807) is 16.8 Å². The monoisotopic (exact) mass is 232 g/mol. The van der Waals surface area contributed by atoms with Gasteiger partial charge in [0, 0.05) is 6.20 Å². The first-order valence-corrected chi connectivity index (χ1v) is 4.98. The van der Waals surface area contributed by atoms with Crippen molar-refractivity contribution in [3.05, 3.63) is 36.0 Å². The molecule has 0 bridgehead atoms. The van der Waals surface area contributed by atoms with Crippen LogP contribution >= 0.6 is 0 Å². The van der Waals surface area contributed by atoms with Gasteiger partial charge in [-0.05, 0) is 19.1 Å². The third-order valence-electron chi connectivity index (χ3n) is 2.42. The van der Waals surface area contributed by atoms with Gasteiger partial charge >= 0.3 is 5.97 Å². The molecule has 0 radical (unpaired) electrons. The Morgan fingerprint density at radius 1 is 1.47 bits per heavy atom. The second kappa shape index (κ2) is 4.25.